The predicted octanol–water partition coefficient (Wildman–Crippen LogP) is 2.67. The zero-order chi connectivity index (χ0) is 12.3. The molecular weight excluding hydrogens is 238 g/mol. The molecule has 2 rings (SSSR count). The van der Waals surface area contributed by atoms with Crippen molar-refractivity contribution in [2.75, 3.05) is 25.6 Å². The fourth-order valence-electron chi connectivity index (χ4n) is 2.21. The Labute approximate surface area is 107 Å². The van der Waals surface area contributed by atoms with Crippen LogP contribution < -0.4 is 5.32 Å². The van der Waals surface area contributed by atoms with Crippen molar-refractivity contribution < 1.29 is 4.74 Å². The van der Waals surface area contributed by atoms with E-state index in [1.54, 1.807) is 13.3 Å². The first-order chi connectivity index (χ1) is 8.15. The van der Waals surface area contributed by atoms with Gasteiger partial charge in [0.05, 0.1) is 12.8 Å². The van der Waals surface area contributed by atoms with E-state index in [1.165, 1.54) is 19.3 Å². The molecule has 0 atom stereocenters. The van der Waals surface area contributed by atoms with Crippen molar-refractivity contribution in [3.05, 3.63) is 17.0 Å². The van der Waals surface area contributed by atoms with Gasteiger partial charge in [-0.25, -0.2) is 9.97 Å². The molecule has 0 bridgehead atoms. The van der Waals surface area contributed by atoms with E-state index in [0.29, 0.717) is 5.02 Å². The van der Waals surface area contributed by atoms with E-state index in [1.807, 2.05) is 6.92 Å². The third-order valence-corrected chi connectivity index (χ3v) is 3.64. The van der Waals surface area contributed by atoms with Crippen molar-refractivity contribution in [2.45, 2.75) is 26.2 Å². The molecule has 1 aromatic heterocycles. The summed E-state index contributed by atoms with van der Waals surface area (Å²) in [4.78, 5) is 8.35. The molecule has 0 amide bonds. The average Bonchev–Trinajstić information content (AvgIpc) is 2.26. The van der Waals surface area contributed by atoms with Crippen LogP contribution in [0.15, 0.2) is 6.20 Å². The highest BCUT2D eigenvalue weighted by Gasteiger charge is 2.36. The molecule has 1 heterocycles. The monoisotopic (exact) mass is 255 g/mol. The standard InChI is InChI=1S/C12H18ClN3O/c1-9-14-6-10(13)11(16-9)15-7-12(8-17-2)4-3-5-12/h6H,3-5,7-8H2,1-2H3,(H,14,15,16). The van der Waals surface area contributed by atoms with Gasteiger partial charge in [0.15, 0.2) is 0 Å². The molecule has 1 fully saturated rings. The molecule has 0 aromatic carbocycles. The lowest BCUT2D eigenvalue weighted by Crippen LogP contribution is -2.40. The molecule has 94 valence electrons. The molecule has 1 aliphatic rings. The molecule has 1 aromatic rings. The zero-order valence-corrected chi connectivity index (χ0v) is 11.0. The SMILES string of the molecule is COCC1(CNc2nc(C)ncc2Cl)CCC1. The Morgan fingerprint density at radius 3 is 2.88 bits per heavy atom. The van der Waals surface area contributed by atoms with Crippen LogP contribution in [0.25, 0.3) is 0 Å². The average molecular weight is 256 g/mol. The lowest BCUT2D eigenvalue weighted by Gasteiger charge is -2.41. The van der Waals surface area contributed by atoms with E-state index >= 15 is 0 Å². The molecule has 4 nitrogen and oxygen atoms in total. The molecule has 1 N–H and O–H groups in total. The van der Waals surface area contributed by atoms with E-state index < -0.39 is 0 Å². The maximum Gasteiger partial charge on any atom is 0.148 e. The lowest BCUT2D eigenvalue weighted by molar-refractivity contribution is 0.0282. The van der Waals surface area contributed by atoms with Crippen LogP contribution in [-0.4, -0.2) is 30.2 Å². The molecule has 0 spiro atoms. The molecule has 0 radical (unpaired) electrons. The Hall–Kier alpha value is -0.870. The third kappa shape index (κ3) is 2.87. The first-order valence-electron chi connectivity index (χ1n) is 5.87. The Bertz CT molecular complexity index is 393. The molecule has 0 unspecified atom stereocenters. The van der Waals surface area contributed by atoms with E-state index in [2.05, 4.69) is 15.3 Å². The summed E-state index contributed by atoms with van der Waals surface area (Å²) in [5.41, 5.74) is 0.261. The highest BCUT2D eigenvalue weighted by molar-refractivity contribution is 6.32. The van der Waals surface area contributed by atoms with Gasteiger partial charge < -0.3 is 10.1 Å². The smallest absolute Gasteiger partial charge is 0.148 e. The van der Waals surface area contributed by atoms with Crippen LogP contribution in [0, 0.1) is 12.3 Å². The number of halogens is 1. The molecule has 1 saturated carbocycles. The topological polar surface area (TPSA) is 47.0 Å². The number of nitrogens with one attached hydrogen (secondary N) is 1. The number of nitrogens with zero attached hydrogens (tertiary/aromatic N) is 2. The number of aryl methyl sites for hydroxylation is 1. The summed E-state index contributed by atoms with van der Waals surface area (Å²) in [5.74, 6) is 1.45. The minimum absolute atomic E-state index is 0.261. The van der Waals surface area contributed by atoms with Crippen LogP contribution in [0.2, 0.25) is 5.02 Å². The first-order valence-corrected chi connectivity index (χ1v) is 6.25. The van der Waals surface area contributed by atoms with Gasteiger partial charge in [-0.15, -0.1) is 0 Å². The van der Waals surface area contributed by atoms with Crippen LogP contribution in [-0.2, 0) is 4.74 Å². The number of ether oxygens (including phenoxy) is 1. The summed E-state index contributed by atoms with van der Waals surface area (Å²) in [7, 11) is 1.75. The minimum Gasteiger partial charge on any atom is -0.384 e. The summed E-state index contributed by atoms with van der Waals surface area (Å²) in [6, 6.07) is 0. The first kappa shape index (κ1) is 12.6. The van der Waals surface area contributed by atoms with Gasteiger partial charge >= 0.3 is 0 Å². The molecule has 5 heteroatoms. The normalized spacial score (nSPS) is 17.6. The Kier molecular flexibility index (Phi) is 3.84. The molecule has 17 heavy (non-hydrogen) atoms. The van der Waals surface area contributed by atoms with Crippen LogP contribution in [0.1, 0.15) is 25.1 Å². The maximum absolute atomic E-state index is 6.04. The van der Waals surface area contributed by atoms with Gasteiger partial charge in [0, 0.05) is 19.1 Å². The quantitative estimate of drug-likeness (QED) is 0.879. The predicted molar refractivity (Wildman–Crippen MR) is 68.4 cm³/mol. The van der Waals surface area contributed by atoms with Gasteiger partial charge in [-0.3, -0.25) is 0 Å². The van der Waals surface area contributed by atoms with E-state index in [0.717, 1.165) is 24.8 Å². The Balaban J connectivity index is 1.99. The largest absolute Gasteiger partial charge is 0.384 e. The van der Waals surface area contributed by atoms with Gasteiger partial charge in [-0.2, -0.15) is 0 Å². The fourth-order valence-corrected chi connectivity index (χ4v) is 2.36. The van der Waals surface area contributed by atoms with Crippen LogP contribution in [0.4, 0.5) is 5.82 Å². The molecule has 1 aliphatic carbocycles. The van der Waals surface area contributed by atoms with Crippen molar-refractivity contribution in [1.29, 1.82) is 0 Å². The molecule has 0 saturated heterocycles. The number of anilines is 1. The van der Waals surface area contributed by atoms with Crippen LogP contribution in [0.3, 0.4) is 0 Å². The molecule has 0 aliphatic heterocycles. The second kappa shape index (κ2) is 5.19. The van der Waals surface area contributed by atoms with Crippen molar-refractivity contribution >= 4 is 17.4 Å². The summed E-state index contributed by atoms with van der Waals surface area (Å²) in [6.07, 6.45) is 5.32. The van der Waals surface area contributed by atoms with E-state index in [4.69, 9.17) is 16.3 Å². The maximum atomic E-state index is 6.04. The molecular formula is C12H18ClN3O. The second-order valence-electron chi connectivity index (χ2n) is 4.75. The lowest BCUT2D eigenvalue weighted by atomic mass is 9.69. The summed E-state index contributed by atoms with van der Waals surface area (Å²) < 4.78 is 5.29. The van der Waals surface area contributed by atoms with Crippen molar-refractivity contribution in [2.24, 2.45) is 5.41 Å². The van der Waals surface area contributed by atoms with Gasteiger partial charge in [0.2, 0.25) is 0 Å². The van der Waals surface area contributed by atoms with Crippen molar-refractivity contribution in [1.82, 2.24) is 9.97 Å². The fraction of sp³-hybridized carbons (Fsp3) is 0.667. The third-order valence-electron chi connectivity index (χ3n) is 3.36. The second-order valence-corrected chi connectivity index (χ2v) is 5.16. The van der Waals surface area contributed by atoms with E-state index in [9.17, 15) is 0 Å². The van der Waals surface area contributed by atoms with Gasteiger partial charge in [-0.1, -0.05) is 18.0 Å². The highest BCUT2D eigenvalue weighted by atomic mass is 35.5. The summed E-state index contributed by atoms with van der Waals surface area (Å²) in [6.45, 7) is 3.51. The van der Waals surface area contributed by atoms with Gasteiger partial charge in [-0.05, 0) is 19.8 Å². The van der Waals surface area contributed by atoms with E-state index in [-0.39, 0.29) is 5.41 Å². The Morgan fingerprint density at radius 1 is 1.53 bits per heavy atom. The van der Waals surface area contributed by atoms with Gasteiger partial charge in [0.25, 0.3) is 0 Å². The van der Waals surface area contributed by atoms with Crippen LogP contribution >= 0.6 is 11.6 Å². The number of hydrogen-bond donors (Lipinski definition) is 1. The highest BCUT2D eigenvalue weighted by Crippen LogP contribution is 2.41. The van der Waals surface area contributed by atoms with Crippen LogP contribution in [0.5, 0.6) is 0 Å². The number of hydrogen-bond acceptors (Lipinski definition) is 4. The van der Waals surface area contributed by atoms with Crippen molar-refractivity contribution in [3.63, 3.8) is 0 Å². The Morgan fingerprint density at radius 2 is 2.29 bits per heavy atom. The number of rotatable bonds is 5. The minimum atomic E-state index is 0.261. The number of aromatic nitrogens is 2. The number of methoxy groups -OCH3 is 1. The van der Waals surface area contributed by atoms with Gasteiger partial charge in [0.1, 0.15) is 16.7 Å². The summed E-state index contributed by atoms with van der Waals surface area (Å²) >= 11 is 6.04. The summed E-state index contributed by atoms with van der Waals surface area (Å²) in [5, 5.41) is 3.89. The van der Waals surface area contributed by atoms with Crippen molar-refractivity contribution in [3.8, 4) is 0 Å². The zero-order valence-electron chi connectivity index (χ0n) is 10.3.